The van der Waals surface area contributed by atoms with Crippen molar-refractivity contribution in [3.8, 4) is 11.4 Å². The highest BCUT2D eigenvalue weighted by molar-refractivity contribution is 6.32. The van der Waals surface area contributed by atoms with Gasteiger partial charge >= 0.3 is 0 Å². The molecule has 0 bridgehead atoms. The fraction of sp³-hybridized carbons (Fsp3) is 0.200. The Morgan fingerprint density at radius 1 is 1.08 bits per heavy atom. The number of anilines is 1. The van der Waals surface area contributed by atoms with Crippen molar-refractivity contribution < 1.29 is 9.47 Å². The van der Waals surface area contributed by atoms with Gasteiger partial charge in [0.1, 0.15) is 5.75 Å². The highest BCUT2D eigenvalue weighted by Crippen LogP contribution is 2.34. The quantitative estimate of drug-likeness (QED) is 0.681. The minimum absolute atomic E-state index is 0.0999. The fourth-order valence-electron chi connectivity index (χ4n) is 3.15. The number of hydrogen-bond acceptors (Lipinski definition) is 3. The van der Waals surface area contributed by atoms with E-state index < -0.39 is 0 Å². The maximum atomic E-state index is 6.31. The molecule has 5 heteroatoms. The average molecular weight is 355 g/mol. The Morgan fingerprint density at radius 2 is 1.88 bits per heavy atom. The molecule has 25 heavy (non-hydrogen) atoms. The summed E-state index contributed by atoms with van der Waals surface area (Å²) in [5, 5.41) is 0.726. The molecule has 0 amide bonds. The van der Waals surface area contributed by atoms with Crippen molar-refractivity contribution in [2.45, 2.75) is 6.23 Å². The van der Waals surface area contributed by atoms with Gasteiger partial charge in [-0.2, -0.15) is 0 Å². The van der Waals surface area contributed by atoms with Crippen molar-refractivity contribution in [3.05, 3.63) is 77.6 Å². The first-order valence-electron chi connectivity index (χ1n) is 8.21. The van der Waals surface area contributed by atoms with Crippen molar-refractivity contribution in [3.63, 3.8) is 0 Å². The van der Waals surface area contributed by atoms with Crippen LogP contribution in [0.1, 0.15) is 11.8 Å². The maximum Gasteiger partial charge on any atom is 0.158 e. The number of ether oxygens (including phenoxy) is 2. The van der Waals surface area contributed by atoms with Crippen LogP contribution in [0.3, 0.4) is 0 Å². The van der Waals surface area contributed by atoms with Gasteiger partial charge in [0.15, 0.2) is 6.23 Å². The van der Waals surface area contributed by atoms with Crippen LogP contribution in [-0.4, -0.2) is 24.8 Å². The molecule has 0 spiro atoms. The molecule has 0 aliphatic carbocycles. The first-order valence-corrected chi connectivity index (χ1v) is 8.59. The van der Waals surface area contributed by atoms with Crippen LogP contribution in [-0.2, 0) is 4.74 Å². The van der Waals surface area contributed by atoms with E-state index in [4.69, 9.17) is 21.1 Å². The Kier molecular flexibility index (Phi) is 4.38. The minimum atomic E-state index is -0.0999. The van der Waals surface area contributed by atoms with E-state index in [0.717, 1.165) is 34.3 Å². The lowest BCUT2D eigenvalue weighted by atomic mass is 10.2. The molecule has 4 rings (SSSR count). The fourth-order valence-corrected chi connectivity index (χ4v) is 3.39. The summed E-state index contributed by atoms with van der Waals surface area (Å²) in [5.41, 5.74) is 3.19. The van der Waals surface area contributed by atoms with Gasteiger partial charge in [0, 0.05) is 30.2 Å². The van der Waals surface area contributed by atoms with E-state index in [1.54, 1.807) is 7.11 Å². The number of rotatable bonds is 4. The molecule has 0 unspecified atom stereocenters. The summed E-state index contributed by atoms with van der Waals surface area (Å²) in [4.78, 5) is 2.26. The zero-order valence-corrected chi connectivity index (χ0v) is 14.7. The minimum Gasteiger partial charge on any atom is -0.497 e. The molecule has 1 fully saturated rings. The second kappa shape index (κ2) is 6.82. The summed E-state index contributed by atoms with van der Waals surface area (Å²) in [6.07, 6.45) is 4.00. The highest BCUT2D eigenvalue weighted by atomic mass is 35.5. The van der Waals surface area contributed by atoms with Crippen molar-refractivity contribution in [1.82, 2.24) is 4.57 Å². The van der Waals surface area contributed by atoms with Gasteiger partial charge in [0.05, 0.1) is 24.4 Å². The molecule has 1 saturated heterocycles. The number of para-hydroxylation sites is 1. The predicted molar refractivity (Wildman–Crippen MR) is 99.8 cm³/mol. The average Bonchev–Trinajstić information content (AvgIpc) is 3.31. The van der Waals surface area contributed by atoms with E-state index in [1.807, 2.05) is 47.2 Å². The van der Waals surface area contributed by atoms with Gasteiger partial charge in [0.2, 0.25) is 0 Å². The zero-order chi connectivity index (χ0) is 17.2. The summed E-state index contributed by atoms with van der Waals surface area (Å²) >= 11 is 6.31. The molecule has 1 aliphatic heterocycles. The van der Waals surface area contributed by atoms with Gasteiger partial charge < -0.3 is 18.9 Å². The maximum absolute atomic E-state index is 6.31. The van der Waals surface area contributed by atoms with E-state index in [9.17, 15) is 0 Å². The molecule has 2 heterocycles. The third-order valence-corrected chi connectivity index (χ3v) is 4.75. The smallest absolute Gasteiger partial charge is 0.158 e. The summed E-state index contributed by atoms with van der Waals surface area (Å²) in [6, 6.07) is 18.0. The Hall–Kier alpha value is -2.43. The first-order chi connectivity index (χ1) is 12.3. The van der Waals surface area contributed by atoms with Crippen molar-refractivity contribution in [2.75, 3.05) is 25.2 Å². The van der Waals surface area contributed by atoms with Crippen molar-refractivity contribution in [1.29, 1.82) is 0 Å². The Bertz CT molecular complexity index is 860. The molecule has 128 valence electrons. The summed E-state index contributed by atoms with van der Waals surface area (Å²) in [5.74, 6) is 0.852. The first kappa shape index (κ1) is 16.1. The summed E-state index contributed by atoms with van der Waals surface area (Å²) in [6.45, 7) is 1.56. The highest BCUT2D eigenvalue weighted by Gasteiger charge is 2.28. The van der Waals surface area contributed by atoms with E-state index in [0.29, 0.717) is 6.61 Å². The van der Waals surface area contributed by atoms with Crippen molar-refractivity contribution >= 4 is 17.3 Å². The van der Waals surface area contributed by atoms with Crippen LogP contribution in [0.4, 0.5) is 5.69 Å². The molecule has 2 aromatic carbocycles. The summed E-state index contributed by atoms with van der Waals surface area (Å²) in [7, 11) is 1.67. The topological polar surface area (TPSA) is 26.6 Å². The Labute approximate surface area is 152 Å². The Morgan fingerprint density at radius 3 is 2.64 bits per heavy atom. The standard InChI is InChI=1S/C20H19ClN2O2/c1-24-17-8-6-16(7-9-17)23-12-13-25-20(23)15-10-11-22(14-15)19-5-3-2-4-18(19)21/h2-11,14,20H,12-13H2,1H3/t20-/m0/s1. The molecule has 0 radical (unpaired) electrons. The molecule has 1 atom stereocenters. The summed E-state index contributed by atoms with van der Waals surface area (Å²) < 4.78 is 13.3. The van der Waals surface area contributed by atoms with Gasteiger partial charge in [-0.15, -0.1) is 0 Å². The van der Waals surface area contributed by atoms with Crippen LogP contribution in [0.5, 0.6) is 5.75 Å². The van der Waals surface area contributed by atoms with Crippen LogP contribution in [0, 0.1) is 0 Å². The second-order valence-corrected chi connectivity index (χ2v) is 6.33. The van der Waals surface area contributed by atoms with Gasteiger partial charge in [-0.1, -0.05) is 23.7 Å². The van der Waals surface area contributed by atoms with Gasteiger partial charge in [-0.3, -0.25) is 0 Å². The van der Waals surface area contributed by atoms with E-state index in [2.05, 4.69) is 29.3 Å². The third kappa shape index (κ3) is 3.11. The van der Waals surface area contributed by atoms with Crippen molar-refractivity contribution in [2.24, 2.45) is 0 Å². The molecular formula is C20H19ClN2O2. The van der Waals surface area contributed by atoms with E-state index in [-0.39, 0.29) is 6.23 Å². The molecule has 4 nitrogen and oxygen atoms in total. The lowest BCUT2D eigenvalue weighted by molar-refractivity contribution is 0.114. The van der Waals surface area contributed by atoms with Gasteiger partial charge in [-0.05, 0) is 42.5 Å². The number of aromatic nitrogens is 1. The van der Waals surface area contributed by atoms with Crippen LogP contribution >= 0.6 is 11.6 Å². The molecule has 3 aromatic rings. The largest absolute Gasteiger partial charge is 0.497 e. The van der Waals surface area contributed by atoms with Crippen LogP contribution in [0.2, 0.25) is 5.02 Å². The molecule has 1 aliphatic rings. The number of hydrogen-bond donors (Lipinski definition) is 0. The number of benzene rings is 2. The zero-order valence-electron chi connectivity index (χ0n) is 13.9. The van der Waals surface area contributed by atoms with Crippen LogP contribution in [0.25, 0.3) is 5.69 Å². The second-order valence-electron chi connectivity index (χ2n) is 5.92. The molecule has 1 aromatic heterocycles. The van der Waals surface area contributed by atoms with Crippen LogP contribution in [0.15, 0.2) is 67.0 Å². The number of nitrogens with zero attached hydrogens (tertiary/aromatic N) is 2. The number of halogens is 1. The van der Waals surface area contributed by atoms with E-state index in [1.165, 1.54) is 0 Å². The van der Waals surface area contributed by atoms with Crippen LogP contribution < -0.4 is 9.64 Å². The Balaban J connectivity index is 1.61. The number of methoxy groups -OCH3 is 1. The SMILES string of the molecule is COc1ccc(N2CCO[C@H]2c2ccn(-c3ccccc3Cl)c2)cc1. The predicted octanol–water partition coefficient (Wildman–Crippen LogP) is 4.67. The van der Waals surface area contributed by atoms with E-state index >= 15 is 0 Å². The molecule has 0 saturated carbocycles. The third-order valence-electron chi connectivity index (χ3n) is 4.43. The lowest BCUT2D eigenvalue weighted by Crippen LogP contribution is -2.22. The van der Waals surface area contributed by atoms with Gasteiger partial charge in [-0.25, -0.2) is 0 Å². The van der Waals surface area contributed by atoms with Gasteiger partial charge in [0.25, 0.3) is 0 Å². The molecular weight excluding hydrogens is 336 g/mol. The molecule has 0 N–H and O–H groups in total. The normalized spacial score (nSPS) is 17.0. The lowest BCUT2D eigenvalue weighted by Gasteiger charge is -2.24. The monoisotopic (exact) mass is 354 g/mol.